The SMILES string of the molecule is OC(NCc1ccccc1)C1CCc2ccccc2O1. The summed E-state index contributed by atoms with van der Waals surface area (Å²) in [6, 6.07) is 18.1. The zero-order chi connectivity index (χ0) is 13.8. The van der Waals surface area contributed by atoms with Crippen LogP contribution in [0.5, 0.6) is 5.75 Å². The molecule has 2 unspecified atom stereocenters. The van der Waals surface area contributed by atoms with Crippen molar-refractivity contribution in [1.82, 2.24) is 5.32 Å². The van der Waals surface area contributed by atoms with Crippen LogP contribution in [0.3, 0.4) is 0 Å². The van der Waals surface area contributed by atoms with Crippen molar-refractivity contribution in [3.8, 4) is 5.75 Å². The van der Waals surface area contributed by atoms with E-state index >= 15 is 0 Å². The number of aliphatic hydroxyl groups is 1. The average Bonchev–Trinajstić information content (AvgIpc) is 2.53. The lowest BCUT2D eigenvalue weighted by Crippen LogP contribution is -2.44. The lowest BCUT2D eigenvalue weighted by atomic mass is 10.0. The fourth-order valence-electron chi connectivity index (χ4n) is 2.52. The van der Waals surface area contributed by atoms with Crippen LogP contribution in [0.1, 0.15) is 17.5 Å². The molecular weight excluding hydrogens is 250 g/mol. The largest absolute Gasteiger partial charge is 0.486 e. The fraction of sp³-hybridized carbons (Fsp3) is 0.294. The zero-order valence-electron chi connectivity index (χ0n) is 11.3. The van der Waals surface area contributed by atoms with Gasteiger partial charge in [-0.05, 0) is 30.0 Å². The van der Waals surface area contributed by atoms with Gasteiger partial charge in [-0.15, -0.1) is 0 Å². The number of hydrogen-bond acceptors (Lipinski definition) is 3. The molecule has 3 rings (SSSR count). The number of rotatable bonds is 4. The second kappa shape index (κ2) is 6.07. The first kappa shape index (κ1) is 13.2. The predicted molar refractivity (Wildman–Crippen MR) is 78.5 cm³/mol. The first-order chi connectivity index (χ1) is 9.83. The summed E-state index contributed by atoms with van der Waals surface area (Å²) in [6.45, 7) is 0.642. The van der Waals surface area contributed by atoms with E-state index in [0.717, 1.165) is 24.2 Å². The van der Waals surface area contributed by atoms with Gasteiger partial charge in [0.05, 0.1) is 0 Å². The second-order valence-electron chi connectivity index (χ2n) is 5.11. The molecule has 2 aromatic carbocycles. The van der Waals surface area contributed by atoms with E-state index in [9.17, 15) is 5.11 Å². The van der Waals surface area contributed by atoms with Crippen LogP contribution < -0.4 is 10.1 Å². The van der Waals surface area contributed by atoms with Crippen molar-refractivity contribution < 1.29 is 9.84 Å². The number of aryl methyl sites for hydroxylation is 1. The van der Waals surface area contributed by atoms with Crippen molar-refractivity contribution in [3.05, 3.63) is 65.7 Å². The maximum atomic E-state index is 10.2. The summed E-state index contributed by atoms with van der Waals surface area (Å²) in [5, 5.41) is 13.4. The summed E-state index contributed by atoms with van der Waals surface area (Å²) < 4.78 is 5.87. The van der Waals surface area contributed by atoms with E-state index in [2.05, 4.69) is 11.4 Å². The van der Waals surface area contributed by atoms with Crippen LogP contribution in [0.15, 0.2) is 54.6 Å². The molecule has 0 amide bonds. The lowest BCUT2D eigenvalue weighted by molar-refractivity contribution is 0.00180. The molecule has 0 radical (unpaired) electrons. The zero-order valence-corrected chi connectivity index (χ0v) is 11.3. The summed E-state index contributed by atoms with van der Waals surface area (Å²) >= 11 is 0. The lowest BCUT2D eigenvalue weighted by Gasteiger charge is -2.30. The molecule has 104 valence electrons. The van der Waals surface area contributed by atoms with Crippen LogP contribution in [-0.2, 0) is 13.0 Å². The van der Waals surface area contributed by atoms with Crippen molar-refractivity contribution in [1.29, 1.82) is 0 Å². The molecule has 1 heterocycles. The molecule has 20 heavy (non-hydrogen) atoms. The minimum atomic E-state index is -0.649. The molecule has 0 fully saturated rings. The van der Waals surface area contributed by atoms with Gasteiger partial charge in [0.25, 0.3) is 0 Å². The Hall–Kier alpha value is -1.84. The summed E-state index contributed by atoms with van der Waals surface area (Å²) in [7, 11) is 0. The van der Waals surface area contributed by atoms with E-state index in [1.165, 1.54) is 5.56 Å². The maximum absolute atomic E-state index is 10.2. The van der Waals surface area contributed by atoms with Crippen molar-refractivity contribution in [2.24, 2.45) is 0 Å². The first-order valence-corrected chi connectivity index (χ1v) is 7.03. The van der Waals surface area contributed by atoms with Crippen molar-refractivity contribution >= 4 is 0 Å². The van der Waals surface area contributed by atoms with Gasteiger partial charge < -0.3 is 9.84 Å². The molecule has 3 nitrogen and oxygen atoms in total. The Bertz CT molecular complexity index is 556. The van der Waals surface area contributed by atoms with E-state index in [1.807, 2.05) is 48.5 Å². The molecule has 0 spiro atoms. The van der Waals surface area contributed by atoms with E-state index in [-0.39, 0.29) is 6.10 Å². The smallest absolute Gasteiger partial charge is 0.142 e. The van der Waals surface area contributed by atoms with Gasteiger partial charge in [-0.3, -0.25) is 5.32 Å². The molecule has 1 aliphatic heterocycles. The van der Waals surface area contributed by atoms with E-state index in [0.29, 0.717) is 6.54 Å². The van der Waals surface area contributed by atoms with Gasteiger partial charge >= 0.3 is 0 Å². The number of hydrogen-bond donors (Lipinski definition) is 2. The van der Waals surface area contributed by atoms with Crippen LogP contribution in [-0.4, -0.2) is 17.4 Å². The van der Waals surface area contributed by atoms with Gasteiger partial charge in [-0.2, -0.15) is 0 Å². The Morgan fingerprint density at radius 3 is 2.70 bits per heavy atom. The molecule has 0 aliphatic carbocycles. The number of fused-ring (bicyclic) bond motifs is 1. The van der Waals surface area contributed by atoms with Crippen molar-refractivity contribution in [3.63, 3.8) is 0 Å². The van der Waals surface area contributed by atoms with Crippen LogP contribution in [0, 0.1) is 0 Å². The molecule has 0 saturated carbocycles. The number of aliphatic hydroxyl groups excluding tert-OH is 1. The standard InChI is InChI=1S/C17H19NO2/c19-17(18-12-13-6-2-1-3-7-13)16-11-10-14-8-4-5-9-15(14)20-16/h1-9,16-19H,10-12H2. The number of benzene rings is 2. The Balaban J connectivity index is 1.58. The Morgan fingerprint density at radius 1 is 1.10 bits per heavy atom. The highest BCUT2D eigenvalue weighted by Gasteiger charge is 2.25. The molecule has 2 aromatic rings. The van der Waals surface area contributed by atoms with Crippen molar-refractivity contribution in [2.75, 3.05) is 0 Å². The van der Waals surface area contributed by atoms with Gasteiger partial charge in [0, 0.05) is 6.54 Å². The predicted octanol–water partition coefficient (Wildman–Crippen LogP) is 2.49. The first-order valence-electron chi connectivity index (χ1n) is 7.03. The van der Waals surface area contributed by atoms with Crippen LogP contribution in [0.4, 0.5) is 0 Å². The van der Waals surface area contributed by atoms with E-state index in [1.54, 1.807) is 0 Å². The average molecular weight is 269 g/mol. The van der Waals surface area contributed by atoms with Gasteiger partial charge in [-0.1, -0.05) is 48.5 Å². The summed E-state index contributed by atoms with van der Waals surface area (Å²) in [5.41, 5.74) is 2.38. The van der Waals surface area contributed by atoms with E-state index in [4.69, 9.17) is 4.74 Å². The molecule has 2 atom stereocenters. The molecule has 0 saturated heterocycles. The molecule has 3 heteroatoms. The normalized spacial score (nSPS) is 18.9. The topological polar surface area (TPSA) is 41.5 Å². The van der Waals surface area contributed by atoms with Crippen LogP contribution in [0.25, 0.3) is 0 Å². The van der Waals surface area contributed by atoms with Crippen LogP contribution in [0.2, 0.25) is 0 Å². The quantitative estimate of drug-likeness (QED) is 0.838. The summed E-state index contributed by atoms with van der Waals surface area (Å²) in [4.78, 5) is 0. The summed E-state index contributed by atoms with van der Waals surface area (Å²) in [6.07, 6.45) is 0.947. The monoisotopic (exact) mass is 269 g/mol. The molecule has 0 bridgehead atoms. The number of ether oxygens (including phenoxy) is 1. The minimum Gasteiger partial charge on any atom is -0.486 e. The molecule has 2 N–H and O–H groups in total. The summed E-state index contributed by atoms with van der Waals surface area (Å²) in [5.74, 6) is 0.893. The van der Waals surface area contributed by atoms with Crippen LogP contribution >= 0.6 is 0 Å². The fourth-order valence-corrected chi connectivity index (χ4v) is 2.52. The molecule has 0 aromatic heterocycles. The third-order valence-electron chi connectivity index (χ3n) is 3.66. The molecular formula is C17H19NO2. The highest BCUT2D eigenvalue weighted by atomic mass is 16.5. The highest BCUT2D eigenvalue weighted by molar-refractivity contribution is 5.35. The molecule has 1 aliphatic rings. The minimum absolute atomic E-state index is 0.186. The number of nitrogens with one attached hydrogen (secondary N) is 1. The van der Waals surface area contributed by atoms with Gasteiger partial charge in [0.15, 0.2) is 0 Å². The highest BCUT2D eigenvalue weighted by Crippen LogP contribution is 2.27. The van der Waals surface area contributed by atoms with Gasteiger partial charge in [0.2, 0.25) is 0 Å². The number of para-hydroxylation sites is 1. The Kier molecular flexibility index (Phi) is 4.00. The van der Waals surface area contributed by atoms with E-state index < -0.39 is 6.23 Å². The third-order valence-corrected chi connectivity index (χ3v) is 3.66. The maximum Gasteiger partial charge on any atom is 0.142 e. The van der Waals surface area contributed by atoms with Crippen molar-refractivity contribution in [2.45, 2.75) is 31.7 Å². The second-order valence-corrected chi connectivity index (χ2v) is 5.11. The Morgan fingerprint density at radius 2 is 1.85 bits per heavy atom. The third kappa shape index (κ3) is 3.00. The van der Waals surface area contributed by atoms with Gasteiger partial charge in [0.1, 0.15) is 18.1 Å². The van der Waals surface area contributed by atoms with Gasteiger partial charge in [-0.25, -0.2) is 0 Å². The Labute approximate surface area is 119 Å².